The minimum absolute atomic E-state index is 0.947. The Morgan fingerprint density at radius 2 is 2.09 bits per heavy atom. The molecule has 0 atom stereocenters. The molecule has 0 unspecified atom stereocenters. The van der Waals surface area contributed by atoms with Gasteiger partial charge in [0.05, 0.1) is 5.69 Å². The van der Waals surface area contributed by atoms with Crippen LogP contribution in [0.3, 0.4) is 0 Å². The third-order valence-corrected chi connectivity index (χ3v) is 1.93. The van der Waals surface area contributed by atoms with Crippen LogP contribution in [0.5, 0.6) is 0 Å². The molecule has 0 N–H and O–H groups in total. The molecule has 1 rings (SSSR count). The van der Waals surface area contributed by atoms with E-state index in [1.54, 1.807) is 0 Å². The molecule has 1 heterocycles. The fourth-order valence-corrected chi connectivity index (χ4v) is 1.21. The minimum atomic E-state index is 0.947. The summed E-state index contributed by atoms with van der Waals surface area (Å²) in [6.07, 6.45) is 3.12. The summed E-state index contributed by atoms with van der Waals surface area (Å²) in [5.41, 5.74) is 2.37. The number of hydrogen-bond acceptors (Lipinski definition) is 2. The Bertz CT molecular complexity index is 227. The standard InChI is InChI=1S/C9H15NO/c1-4-6-8-7(3)9(5-2)11-10-8/h4-6H2,1-3H3. The third kappa shape index (κ3) is 1.62. The van der Waals surface area contributed by atoms with Crippen molar-refractivity contribution in [3.05, 3.63) is 17.0 Å². The molecule has 0 aliphatic rings. The molecular formula is C9H15NO. The zero-order chi connectivity index (χ0) is 8.27. The van der Waals surface area contributed by atoms with Crippen LogP contribution in [0, 0.1) is 6.92 Å². The maximum absolute atomic E-state index is 5.15. The Morgan fingerprint density at radius 1 is 1.36 bits per heavy atom. The Morgan fingerprint density at radius 3 is 2.55 bits per heavy atom. The fraction of sp³-hybridized carbons (Fsp3) is 0.667. The summed E-state index contributed by atoms with van der Waals surface area (Å²) in [5, 5.41) is 4.00. The highest BCUT2D eigenvalue weighted by atomic mass is 16.5. The molecule has 0 saturated carbocycles. The molecule has 1 aromatic rings. The van der Waals surface area contributed by atoms with Crippen LogP contribution in [0.15, 0.2) is 4.52 Å². The molecule has 11 heavy (non-hydrogen) atoms. The van der Waals surface area contributed by atoms with Crippen molar-refractivity contribution >= 4 is 0 Å². The van der Waals surface area contributed by atoms with Gasteiger partial charge in [-0.3, -0.25) is 0 Å². The van der Waals surface area contributed by atoms with Gasteiger partial charge in [-0.05, 0) is 13.3 Å². The van der Waals surface area contributed by atoms with Crippen molar-refractivity contribution in [1.82, 2.24) is 5.16 Å². The lowest BCUT2D eigenvalue weighted by molar-refractivity contribution is 0.379. The first-order valence-electron chi connectivity index (χ1n) is 4.23. The average molecular weight is 153 g/mol. The van der Waals surface area contributed by atoms with Crippen LogP contribution in [0.4, 0.5) is 0 Å². The van der Waals surface area contributed by atoms with Gasteiger partial charge in [-0.15, -0.1) is 0 Å². The molecule has 2 nitrogen and oxygen atoms in total. The van der Waals surface area contributed by atoms with E-state index in [0.717, 1.165) is 30.7 Å². The summed E-state index contributed by atoms with van der Waals surface area (Å²) < 4.78 is 5.15. The summed E-state index contributed by atoms with van der Waals surface area (Å²) in [4.78, 5) is 0. The molecule has 0 amide bonds. The van der Waals surface area contributed by atoms with E-state index in [1.165, 1.54) is 5.56 Å². The summed E-state index contributed by atoms with van der Waals surface area (Å²) in [6, 6.07) is 0. The van der Waals surface area contributed by atoms with Gasteiger partial charge in [0.1, 0.15) is 5.76 Å². The Hall–Kier alpha value is -0.790. The van der Waals surface area contributed by atoms with Crippen LogP contribution in [0.1, 0.15) is 37.3 Å². The molecular weight excluding hydrogens is 138 g/mol. The van der Waals surface area contributed by atoms with E-state index in [-0.39, 0.29) is 0 Å². The van der Waals surface area contributed by atoms with Gasteiger partial charge in [-0.25, -0.2) is 0 Å². The lowest BCUT2D eigenvalue weighted by Crippen LogP contribution is -1.86. The van der Waals surface area contributed by atoms with Gasteiger partial charge in [0, 0.05) is 12.0 Å². The number of rotatable bonds is 3. The molecule has 0 fully saturated rings. The quantitative estimate of drug-likeness (QED) is 0.666. The van der Waals surface area contributed by atoms with Crippen molar-refractivity contribution in [2.45, 2.75) is 40.0 Å². The topological polar surface area (TPSA) is 26.0 Å². The first-order chi connectivity index (χ1) is 5.29. The van der Waals surface area contributed by atoms with E-state index in [0.29, 0.717) is 0 Å². The molecule has 0 saturated heterocycles. The number of nitrogens with zero attached hydrogens (tertiary/aromatic N) is 1. The van der Waals surface area contributed by atoms with Crippen molar-refractivity contribution in [3.8, 4) is 0 Å². The molecule has 0 aliphatic heterocycles. The Balaban J connectivity index is 2.82. The van der Waals surface area contributed by atoms with Crippen LogP contribution >= 0.6 is 0 Å². The SMILES string of the molecule is CCCc1noc(CC)c1C. The molecule has 0 spiro atoms. The van der Waals surface area contributed by atoms with Crippen molar-refractivity contribution in [3.63, 3.8) is 0 Å². The fourth-order valence-electron chi connectivity index (χ4n) is 1.21. The van der Waals surface area contributed by atoms with Gasteiger partial charge in [-0.2, -0.15) is 0 Å². The highest BCUT2D eigenvalue weighted by molar-refractivity contribution is 5.20. The molecule has 0 aromatic carbocycles. The normalized spacial score (nSPS) is 10.5. The summed E-state index contributed by atoms with van der Waals surface area (Å²) in [7, 11) is 0. The number of hydrogen-bond donors (Lipinski definition) is 0. The van der Waals surface area contributed by atoms with Crippen LogP contribution in [0.25, 0.3) is 0 Å². The van der Waals surface area contributed by atoms with E-state index < -0.39 is 0 Å². The third-order valence-electron chi connectivity index (χ3n) is 1.93. The molecule has 0 aliphatic carbocycles. The predicted octanol–water partition coefficient (Wildman–Crippen LogP) is 2.50. The number of aromatic nitrogens is 1. The second-order valence-corrected chi connectivity index (χ2v) is 2.78. The van der Waals surface area contributed by atoms with Crippen molar-refractivity contribution in [2.75, 3.05) is 0 Å². The zero-order valence-corrected chi connectivity index (χ0v) is 7.48. The van der Waals surface area contributed by atoms with Crippen LogP contribution in [-0.4, -0.2) is 5.16 Å². The highest BCUT2D eigenvalue weighted by Crippen LogP contribution is 2.14. The zero-order valence-electron chi connectivity index (χ0n) is 7.48. The number of aryl methyl sites for hydroxylation is 2. The van der Waals surface area contributed by atoms with E-state index in [1.807, 2.05) is 0 Å². The summed E-state index contributed by atoms with van der Waals surface area (Å²) in [6.45, 7) is 6.32. The van der Waals surface area contributed by atoms with Gasteiger partial charge in [0.2, 0.25) is 0 Å². The predicted molar refractivity (Wildman–Crippen MR) is 44.6 cm³/mol. The smallest absolute Gasteiger partial charge is 0.139 e. The maximum atomic E-state index is 5.15. The Labute approximate surface area is 67.6 Å². The van der Waals surface area contributed by atoms with E-state index >= 15 is 0 Å². The molecule has 1 aromatic heterocycles. The second-order valence-electron chi connectivity index (χ2n) is 2.78. The summed E-state index contributed by atoms with van der Waals surface area (Å²) in [5.74, 6) is 1.04. The summed E-state index contributed by atoms with van der Waals surface area (Å²) >= 11 is 0. The van der Waals surface area contributed by atoms with Crippen molar-refractivity contribution < 1.29 is 4.52 Å². The second kappa shape index (κ2) is 3.56. The lowest BCUT2D eigenvalue weighted by Gasteiger charge is -1.91. The Kier molecular flexibility index (Phi) is 2.69. The molecule has 0 radical (unpaired) electrons. The largest absolute Gasteiger partial charge is 0.361 e. The van der Waals surface area contributed by atoms with Gasteiger partial charge < -0.3 is 4.52 Å². The van der Waals surface area contributed by atoms with Gasteiger partial charge >= 0.3 is 0 Å². The lowest BCUT2D eigenvalue weighted by atomic mass is 10.1. The van der Waals surface area contributed by atoms with E-state index in [2.05, 4.69) is 25.9 Å². The maximum Gasteiger partial charge on any atom is 0.139 e. The van der Waals surface area contributed by atoms with Crippen LogP contribution in [-0.2, 0) is 12.8 Å². The van der Waals surface area contributed by atoms with E-state index in [4.69, 9.17) is 4.52 Å². The van der Waals surface area contributed by atoms with E-state index in [9.17, 15) is 0 Å². The average Bonchev–Trinajstić information content (AvgIpc) is 2.34. The minimum Gasteiger partial charge on any atom is -0.361 e. The monoisotopic (exact) mass is 153 g/mol. The molecule has 0 bridgehead atoms. The van der Waals surface area contributed by atoms with Crippen LogP contribution < -0.4 is 0 Å². The molecule has 62 valence electrons. The molecule has 2 heteroatoms. The highest BCUT2D eigenvalue weighted by Gasteiger charge is 2.07. The van der Waals surface area contributed by atoms with Crippen molar-refractivity contribution in [1.29, 1.82) is 0 Å². The van der Waals surface area contributed by atoms with Gasteiger partial charge in [-0.1, -0.05) is 25.4 Å². The first kappa shape index (κ1) is 8.31. The first-order valence-corrected chi connectivity index (χ1v) is 4.23. The van der Waals surface area contributed by atoms with Crippen LogP contribution in [0.2, 0.25) is 0 Å². The van der Waals surface area contributed by atoms with Gasteiger partial charge in [0.15, 0.2) is 0 Å². The van der Waals surface area contributed by atoms with Crippen molar-refractivity contribution in [2.24, 2.45) is 0 Å². The van der Waals surface area contributed by atoms with Gasteiger partial charge in [0.25, 0.3) is 0 Å².